The first-order chi connectivity index (χ1) is 7.85. The Balaban J connectivity index is 2.09. The number of aryl methyl sites for hydroxylation is 2. The lowest BCUT2D eigenvalue weighted by atomic mass is 9.98. The average molecular weight is 238 g/mol. The van der Waals surface area contributed by atoms with Gasteiger partial charge in [0.1, 0.15) is 0 Å². The largest absolute Gasteiger partial charge is 0.271 e. The van der Waals surface area contributed by atoms with Gasteiger partial charge in [0, 0.05) is 9.75 Å². The van der Waals surface area contributed by atoms with Crippen LogP contribution in [0.4, 0.5) is 0 Å². The third kappa shape index (κ3) is 2.65. The van der Waals surface area contributed by atoms with Gasteiger partial charge in [0.15, 0.2) is 0 Å². The van der Waals surface area contributed by atoms with Gasteiger partial charge in [-0.1, -0.05) is 19.8 Å². The van der Waals surface area contributed by atoms with Crippen LogP contribution in [0.25, 0.3) is 0 Å². The number of thiophene rings is 1. The van der Waals surface area contributed by atoms with Crippen LogP contribution in [0.2, 0.25) is 0 Å². The summed E-state index contributed by atoms with van der Waals surface area (Å²) in [5.41, 5.74) is 4.56. The summed E-state index contributed by atoms with van der Waals surface area (Å²) < 4.78 is 0. The number of nitrogens with two attached hydrogens (primary N) is 1. The van der Waals surface area contributed by atoms with E-state index in [9.17, 15) is 0 Å². The topological polar surface area (TPSA) is 38.0 Å². The fourth-order valence-electron chi connectivity index (χ4n) is 2.40. The number of hydrogen-bond acceptors (Lipinski definition) is 3. The number of hydrazine groups is 1. The smallest absolute Gasteiger partial charge is 0.0553 e. The molecule has 1 aromatic rings. The van der Waals surface area contributed by atoms with Gasteiger partial charge in [0.05, 0.1) is 6.04 Å². The average Bonchev–Trinajstić information content (AvgIpc) is 2.73. The number of hydrogen-bond donors (Lipinski definition) is 2. The lowest BCUT2D eigenvalue weighted by molar-refractivity contribution is 0.502. The molecule has 3 N–H and O–H groups in total. The van der Waals surface area contributed by atoms with E-state index in [-0.39, 0.29) is 0 Å². The van der Waals surface area contributed by atoms with Gasteiger partial charge in [-0.15, -0.1) is 11.3 Å². The van der Waals surface area contributed by atoms with Crippen molar-refractivity contribution in [3.05, 3.63) is 21.4 Å². The number of rotatable bonds is 5. The van der Waals surface area contributed by atoms with Crippen LogP contribution in [0.3, 0.4) is 0 Å². The fourth-order valence-corrected chi connectivity index (χ4v) is 3.75. The SMILES string of the molecule is CCCCC(NN)c1cc2c(s1)CCCC2. The number of nitrogens with one attached hydrogen (secondary N) is 1. The minimum Gasteiger partial charge on any atom is -0.271 e. The zero-order valence-corrected chi connectivity index (χ0v) is 10.9. The lowest BCUT2D eigenvalue weighted by Crippen LogP contribution is -2.27. The zero-order valence-electron chi connectivity index (χ0n) is 10.1. The van der Waals surface area contributed by atoms with Crippen LogP contribution in [0, 0.1) is 0 Å². The molecule has 0 amide bonds. The molecule has 1 aliphatic rings. The predicted octanol–water partition coefficient (Wildman–Crippen LogP) is 3.32. The standard InChI is InChI=1S/C13H22N2S/c1-2-3-7-11(15-14)13-9-10-6-4-5-8-12(10)16-13/h9,11,15H,2-8,14H2,1H3. The van der Waals surface area contributed by atoms with Gasteiger partial charge in [0.25, 0.3) is 0 Å². The number of fused-ring (bicyclic) bond motifs is 1. The maximum atomic E-state index is 5.66. The summed E-state index contributed by atoms with van der Waals surface area (Å²) in [4.78, 5) is 3.06. The Kier molecular flexibility index (Phi) is 4.38. The molecule has 3 heteroatoms. The molecule has 90 valence electrons. The molecule has 0 fully saturated rings. The third-order valence-corrected chi connectivity index (χ3v) is 4.76. The van der Waals surface area contributed by atoms with Crippen molar-refractivity contribution in [2.45, 2.75) is 57.9 Å². The molecule has 1 atom stereocenters. The van der Waals surface area contributed by atoms with Crippen molar-refractivity contribution in [1.82, 2.24) is 5.43 Å². The highest BCUT2D eigenvalue weighted by Crippen LogP contribution is 2.34. The van der Waals surface area contributed by atoms with E-state index in [0.29, 0.717) is 6.04 Å². The van der Waals surface area contributed by atoms with Crippen LogP contribution in [0.5, 0.6) is 0 Å². The molecule has 0 saturated heterocycles. The van der Waals surface area contributed by atoms with Gasteiger partial charge in [-0.05, 0) is 43.7 Å². The van der Waals surface area contributed by atoms with Crippen molar-refractivity contribution in [2.75, 3.05) is 0 Å². The minimum atomic E-state index is 0.371. The van der Waals surface area contributed by atoms with E-state index in [2.05, 4.69) is 18.4 Å². The second-order valence-corrected chi connectivity index (χ2v) is 5.83. The van der Waals surface area contributed by atoms with E-state index in [4.69, 9.17) is 5.84 Å². The Bertz CT molecular complexity index is 309. The maximum Gasteiger partial charge on any atom is 0.0553 e. The Morgan fingerprint density at radius 1 is 1.44 bits per heavy atom. The molecule has 0 aliphatic heterocycles. The van der Waals surface area contributed by atoms with Crippen molar-refractivity contribution in [3.63, 3.8) is 0 Å². The Labute approximate surface area is 102 Å². The van der Waals surface area contributed by atoms with Gasteiger partial charge in [0.2, 0.25) is 0 Å². The molecule has 2 nitrogen and oxygen atoms in total. The Hall–Kier alpha value is -0.380. The molecule has 0 aromatic carbocycles. The predicted molar refractivity (Wildman–Crippen MR) is 70.6 cm³/mol. The highest BCUT2D eigenvalue weighted by atomic mass is 32.1. The summed E-state index contributed by atoms with van der Waals surface area (Å²) in [5, 5.41) is 0. The molecule has 1 aromatic heterocycles. The summed E-state index contributed by atoms with van der Waals surface area (Å²) >= 11 is 1.98. The van der Waals surface area contributed by atoms with Crippen molar-refractivity contribution < 1.29 is 0 Å². The molecule has 16 heavy (non-hydrogen) atoms. The van der Waals surface area contributed by atoms with Gasteiger partial charge < -0.3 is 0 Å². The molecular weight excluding hydrogens is 216 g/mol. The van der Waals surface area contributed by atoms with Crippen molar-refractivity contribution in [1.29, 1.82) is 0 Å². The first-order valence-corrected chi connectivity index (χ1v) is 7.24. The summed E-state index contributed by atoms with van der Waals surface area (Å²) in [6, 6.07) is 2.76. The maximum absolute atomic E-state index is 5.66. The summed E-state index contributed by atoms with van der Waals surface area (Å²) in [6.07, 6.45) is 8.93. The molecule has 0 saturated carbocycles. The summed E-state index contributed by atoms with van der Waals surface area (Å²) in [7, 11) is 0. The van der Waals surface area contributed by atoms with Crippen LogP contribution in [0.15, 0.2) is 6.07 Å². The van der Waals surface area contributed by atoms with Crippen LogP contribution >= 0.6 is 11.3 Å². The molecule has 1 unspecified atom stereocenters. The van der Waals surface area contributed by atoms with Crippen molar-refractivity contribution in [3.8, 4) is 0 Å². The molecule has 0 radical (unpaired) electrons. The zero-order chi connectivity index (χ0) is 11.4. The van der Waals surface area contributed by atoms with Crippen molar-refractivity contribution >= 4 is 11.3 Å². The molecular formula is C13H22N2S. The molecule has 2 rings (SSSR count). The van der Waals surface area contributed by atoms with E-state index in [0.717, 1.165) is 6.42 Å². The van der Waals surface area contributed by atoms with E-state index in [1.54, 1.807) is 10.4 Å². The van der Waals surface area contributed by atoms with E-state index in [1.165, 1.54) is 43.4 Å². The lowest BCUT2D eigenvalue weighted by Gasteiger charge is -2.13. The highest BCUT2D eigenvalue weighted by Gasteiger charge is 2.17. The Morgan fingerprint density at radius 2 is 2.25 bits per heavy atom. The van der Waals surface area contributed by atoms with Gasteiger partial charge in [-0.25, -0.2) is 0 Å². The van der Waals surface area contributed by atoms with Crippen LogP contribution in [-0.4, -0.2) is 0 Å². The van der Waals surface area contributed by atoms with Gasteiger partial charge in [-0.3, -0.25) is 11.3 Å². The normalized spacial score (nSPS) is 17.1. The molecule has 1 aliphatic carbocycles. The monoisotopic (exact) mass is 238 g/mol. The highest BCUT2D eigenvalue weighted by molar-refractivity contribution is 7.12. The van der Waals surface area contributed by atoms with E-state index in [1.807, 2.05) is 11.3 Å². The molecule has 1 heterocycles. The second-order valence-electron chi connectivity index (χ2n) is 4.67. The molecule has 0 spiro atoms. The fraction of sp³-hybridized carbons (Fsp3) is 0.692. The first-order valence-electron chi connectivity index (χ1n) is 6.42. The van der Waals surface area contributed by atoms with Crippen LogP contribution in [-0.2, 0) is 12.8 Å². The van der Waals surface area contributed by atoms with E-state index >= 15 is 0 Å². The first kappa shape index (κ1) is 12.1. The van der Waals surface area contributed by atoms with Crippen LogP contribution < -0.4 is 11.3 Å². The molecule has 0 bridgehead atoms. The minimum absolute atomic E-state index is 0.371. The van der Waals surface area contributed by atoms with Gasteiger partial charge >= 0.3 is 0 Å². The Morgan fingerprint density at radius 3 is 2.94 bits per heavy atom. The summed E-state index contributed by atoms with van der Waals surface area (Å²) in [5.74, 6) is 5.66. The summed E-state index contributed by atoms with van der Waals surface area (Å²) in [6.45, 7) is 2.23. The quantitative estimate of drug-likeness (QED) is 0.610. The third-order valence-electron chi connectivity index (χ3n) is 3.41. The van der Waals surface area contributed by atoms with Crippen LogP contribution in [0.1, 0.15) is 60.4 Å². The second kappa shape index (κ2) is 5.80. The van der Waals surface area contributed by atoms with E-state index < -0.39 is 0 Å². The van der Waals surface area contributed by atoms with Gasteiger partial charge in [-0.2, -0.15) is 0 Å². The van der Waals surface area contributed by atoms with Crippen molar-refractivity contribution in [2.24, 2.45) is 5.84 Å². The number of unbranched alkanes of at least 4 members (excludes halogenated alkanes) is 1.